The van der Waals surface area contributed by atoms with Crippen molar-refractivity contribution in [2.75, 3.05) is 11.4 Å². The van der Waals surface area contributed by atoms with E-state index < -0.39 is 11.7 Å². The van der Waals surface area contributed by atoms with E-state index >= 15 is 0 Å². The smallest absolute Gasteiger partial charge is 0.345 e. The van der Waals surface area contributed by atoms with Gasteiger partial charge in [0.2, 0.25) is 0 Å². The Kier molecular flexibility index (Phi) is 4.51. The highest BCUT2D eigenvalue weighted by atomic mass is 35.5. The number of hydrogen-bond donors (Lipinski definition) is 1. The Labute approximate surface area is 158 Å². The van der Waals surface area contributed by atoms with Crippen molar-refractivity contribution >= 4 is 17.4 Å². The third kappa shape index (κ3) is 3.49. The fourth-order valence-corrected chi connectivity index (χ4v) is 3.52. The second kappa shape index (κ2) is 6.84. The van der Waals surface area contributed by atoms with Crippen molar-refractivity contribution in [1.82, 2.24) is 20.2 Å². The molecule has 1 saturated heterocycles. The van der Waals surface area contributed by atoms with Gasteiger partial charge in [-0.15, -0.1) is 0 Å². The molecule has 0 amide bonds. The van der Waals surface area contributed by atoms with Crippen LogP contribution in [0.5, 0.6) is 0 Å². The molecule has 1 aliphatic heterocycles. The summed E-state index contributed by atoms with van der Waals surface area (Å²) in [7, 11) is 0. The quantitative estimate of drug-likeness (QED) is 0.689. The number of hydrogen-bond acceptors (Lipinski definition) is 4. The summed E-state index contributed by atoms with van der Waals surface area (Å²) in [4.78, 5) is 10.4. The first-order chi connectivity index (χ1) is 12.9. The van der Waals surface area contributed by atoms with Crippen molar-refractivity contribution in [2.45, 2.75) is 25.1 Å². The third-order valence-electron chi connectivity index (χ3n) is 4.52. The summed E-state index contributed by atoms with van der Waals surface area (Å²) in [6, 6.07) is 10.3. The molecule has 3 aromatic rings. The van der Waals surface area contributed by atoms with Crippen LogP contribution in [0.15, 0.2) is 42.6 Å². The Balaban J connectivity index is 1.63. The van der Waals surface area contributed by atoms with Gasteiger partial charge in [-0.3, -0.25) is 5.10 Å². The molecule has 9 heteroatoms. The fourth-order valence-electron chi connectivity index (χ4n) is 3.24. The zero-order valence-electron chi connectivity index (χ0n) is 14.0. The summed E-state index contributed by atoms with van der Waals surface area (Å²) >= 11 is 6.12. The van der Waals surface area contributed by atoms with Crippen molar-refractivity contribution < 1.29 is 13.2 Å². The summed E-state index contributed by atoms with van der Waals surface area (Å²) in [6.07, 6.45) is -2.03. The number of nitrogens with zero attached hydrogens (tertiary/aromatic N) is 4. The van der Waals surface area contributed by atoms with Gasteiger partial charge in [-0.05, 0) is 18.9 Å². The molecule has 1 fully saturated rings. The molecule has 0 aliphatic carbocycles. The number of halogens is 4. The van der Waals surface area contributed by atoms with Crippen LogP contribution in [0, 0.1) is 0 Å². The van der Waals surface area contributed by atoms with Gasteiger partial charge in [0.15, 0.2) is 5.82 Å². The van der Waals surface area contributed by atoms with E-state index in [4.69, 9.17) is 11.6 Å². The van der Waals surface area contributed by atoms with Crippen molar-refractivity contribution in [2.24, 2.45) is 0 Å². The summed E-state index contributed by atoms with van der Waals surface area (Å²) in [5, 5.41) is 7.18. The molecule has 1 aromatic carbocycles. The minimum absolute atomic E-state index is 0.0282. The average Bonchev–Trinajstić information content (AvgIpc) is 3.31. The van der Waals surface area contributed by atoms with E-state index in [1.165, 1.54) is 0 Å². The number of nitrogens with one attached hydrogen (secondary N) is 1. The monoisotopic (exact) mass is 393 g/mol. The van der Waals surface area contributed by atoms with E-state index in [0.717, 1.165) is 30.7 Å². The minimum atomic E-state index is -4.48. The Bertz CT molecular complexity index is 942. The lowest BCUT2D eigenvalue weighted by Gasteiger charge is -2.25. The number of aromatic nitrogens is 4. The van der Waals surface area contributed by atoms with Crippen LogP contribution < -0.4 is 4.90 Å². The normalized spacial score (nSPS) is 17.5. The third-order valence-corrected chi connectivity index (χ3v) is 4.80. The van der Waals surface area contributed by atoms with E-state index in [1.54, 1.807) is 0 Å². The average molecular weight is 394 g/mol. The molecule has 4 rings (SSSR count). The molecule has 1 atom stereocenters. The molecular weight excluding hydrogens is 379 g/mol. The van der Waals surface area contributed by atoms with Crippen LogP contribution in [0.3, 0.4) is 0 Å². The van der Waals surface area contributed by atoms with E-state index in [9.17, 15) is 13.2 Å². The van der Waals surface area contributed by atoms with Crippen LogP contribution in [-0.4, -0.2) is 26.7 Å². The number of benzene rings is 1. The van der Waals surface area contributed by atoms with Gasteiger partial charge in [-0.2, -0.15) is 18.3 Å². The van der Waals surface area contributed by atoms with Gasteiger partial charge in [0.05, 0.1) is 16.6 Å². The molecule has 0 radical (unpaired) electrons. The van der Waals surface area contributed by atoms with Gasteiger partial charge in [-0.1, -0.05) is 41.9 Å². The maximum absolute atomic E-state index is 12.8. The van der Waals surface area contributed by atoms with Crippen LogP contribution in [0.25, 0.3) is 11.4 Å². The molecule has 0 spiro atoms. The Morgan fingerprint density at radius 1 is 1.19 bits per heavy atom. The number of pyridine rings is 1. The van der Waals surface area contributed by atoms with Gasteiger partial charge in [0.25, 0.3) is 0 Å². The molecule has 0 unspecified atom stereocenters. The van der Waals surface area contributed by atoms with Crippen LogP contribution >= 0.6 is 11.6 Å². The summed E-state index contributed by atoms with van der Waals surface area (Å²) < 4.78 is 38.5. The molecule has 3 heterocycles. The minimum Gasteiger partial charge on any atom is -0.345 e. The first kappa shape index (κ1) is 17.8. The lowest BCUT2D eigenvalue weighted by Crippen LogP contribution is -2.25. The Morgan fingerprint density at radius 2 is 1.96 bits per heavy atom. The molecule has 0 bridgehead atoms. The highest BCUT2D eigenvalue weighted by molar-refractivity contribution is 6.33. The van der Waals surface area contributed by atoms with E-state index in [2.05, 4.69) is 20.2 Å². The summed E-state index contributed by atoms with van der Waals surface area (Å²) in [6.45, 7) is 0.629. The van der Waals surface area contributed by atoms with E-state index in [0.29, 0.717) is 24.0 Å². The van der Waals surface area contributed by atoms with Gasteiger partial charge >= 0.3 is 6.18 Å². The number of aromatic amines is 1. The van der Waals surface area contributed by atoms with E-state index in [1.807, 2.05) is 35.2 Å². The molecule has 27 heavy (non-hydrogen) atoms. The molecular formula is C18H15ClF3N5. The molecule has 0 saturated carbocycles. The van der Waals surface area contributed by atoms with Gasteiger partial charge in [0.1, 0.15) is 11.6 Å². The highest BCUT2D eigenvalue weighted by Gasteiger charge is 2.35. The van der Waals surface area contributed by atoms with Crippen molar-refractivity contribution in [3.8, 4) is 11.4 Å². The van der Waals surface area contributed by atoms with Crippen molar-refractivity contribution in [3.63, 3.8) is 0 Å². The van der Waals surface area contributed by atoms with Crippen LogP contribution in [0.4, 0.5) is 19.0 Å². The van der Waals surface area contributed by atoms with Crippen LogP contribution in [0.2, 0.25) is 5.02 Å². The summed E-state index contributed by atoms with van der Waals surface area (Å²) in [5.74, 6) is 1.54. The Hall–Kier alpha value is -2.61. The summed E-state index contributed by atoms with van der Waals surface area (Å²) in [5.41, 5.74) is 0.0215. The number of alkyl halides is 3. The fraction of sp³-hybridized carbons (Fsp3) is 0.278. The molecule has 1 N–H and O–H groups in total. The second-order valence-electron chi connectivity index (χ2n) is 6.29. The predicted octanol–water partition coefficient (Wildman–Crippen LogP) is 4.88. The molecule has 140 valence electrons. The van der Waals surface area contributed by atoms with Gasteiger partial charge in [0, 0.05) is 18.3 Å². The van der Waals surface area contributed by atoms with Crippen molar-refractivity contribution in [1.29, 1.82) is 0 Å². The lowest BCUT2D eigenvalue weighted by molar-refractivity contribution is -0.137. The first-order valence-corrected chi connectivity index (χ1v) is 8.78. The topological polar surface area (TPSA) is 57.7 Å². The maximum Gasteiger partial charge on any atom is 0.417 e. The van der Waals surface area contributed by atoms with Gasteiger partial charge in [-0.25, -0.2) is 9.97 Å². The standard InChI is InChI=1S/C18H15ClF3N5/c19-13-9-12(18(20,21)22)10-23-17(13)27-8-4-7-14(27)16-24-15(25-26-16)11-5-2-1-3-6-11/h1-3,5-6,9-10,14H,4,7-8H2,(H,24,25,26)/t14-/m0/s1. The predicted molar refractivity (Wildman–Crippen MR) is 95.4 cm³/mol. The molecule has 1 aliphatic rings. The largest absolute Gasteiger partial charge is 0.417 e. The van der Waals surface area contributed by atoms with E-state index in [-0.39, 0.29) is 11.1 Å². The van der Waals surface area contributed by atoms with Crippen molar-refractivity contribution in [3.05, 3.63) is 59.0 Å². The zero-order chi connectivity index (χ0) is 19.0. The number of H-pyrrole nitrogens is 1. The SMILES string of the molecule is FC(F)(F)c1cnc(N2CCC[C@H]2c2nc(-c3ccccc3)n[nH]2)c(Cl)c1. The second-order valence-corrected chi connectivity index (χ2v) is 6.70. The zero-order valence-corrected chi connectivity index (χ0v) is 14.8. The Morgan fingerprint density at radius 3 is 2.67 bits per heavy atom. The number of rotatable bonds is 3. The van der Waals surface area contributed by atoms with Crippen LogP contribution in [0.1, 0.15) is 30.3 Å². The molecule has 5 nitrogen and oxygen atoms in total. The first-order valence-electron chi connectivity index (χ1n) is 8.40. The van der Waals surface area contributed by atoms with Crippen LogP contribution in [-0.2, 0) is 6.18 Å². The molecule has 2 aromatic heterocycles. The maximum atomic E-state index is 12.8. The van der Waals surface area contributed by atoms with Gasteiger partial charge < -0.3 is 4.90 Å². The highest BCUT2D eigenvalue weighted by Crippen LogP contribution is 2.39. The number of anilines is 1. The lowest BCUT2D eigenvalue weighted by atomic mass is 10.2.